The maximum Gasteiger partial charge on any atom is 0.270 e. The van der Waals surface area contributed by atoms with Crippen LogP contribution in [0.25, 0.3) is 0 Å². The van der Waals surface area contributed by atoms with Gasteiger partial charge in [0.05, 0.1) is 6.33 Å². The Hall–Kier alpha value is -1.41. The first-order valence-electron chi connectivity index (χ1n) is 3.82. The maximum absolute atomic E-state index is 11.2. The maximum atomic E-state index is 11.2. The molecule has 9 heteroatoms. The summed E-state index contributed by atoms with van der Waals surface area (Å²) in [5.41, 5.74) is -0.385. The monoisotopic (exact) mass is 244 g/mol. The van der Waals surface area contributed by atoms with Gasteiger partial charge >= 0.3 is 0 Å². The van der Waals surface area contributed by atoms with E-state index in [1.165, 1.54) is 11.0 Å². The fourth-order valence-corrected chi connectivity index (χ4v) is 1.76. The van der Waals surface area contributed by atoms with Crippen LogP contribution in [0.2, 0.25) is 5.02 Å². The molecule has 0 radical (unpaired) electrons. The van der Waals surface area contributed by atoms with E-state index in [0.29, 0.717) is 10.2 Å². The first-order valence-corrected chi connectivity index (χ1v) is 5.01. The van der Waals surface area contributed by atoms with E-state index >= 15 is 0 Å². The number of aryl methyl sites for hydroxylation is 1. The zero-order valence-electron chi connectivity index (χ0n) is 7.51. The Labute approximate surface area is 92.9 Å². The number of halogens is 1. The quantitative estimate of drug-likeness (QED) is 0.754. The molecular formula is C6H5ClN6OS. The Bertz CT molecular complexity index is 536. The zero-order valence-corrected chi connectivity index (χ0v) is 9.08. The summed E-state index contributed by atoms with van der Waals surface area (Å²) in [4.78, 5) is 17.4. The molecule has 78 valence electrons. The molecule has 0 spiro atoms. The van der Waals surface area contributed by atoms with Crippen molar-refractivity contribution in [1.82, 2.24) is 30.2 Å². The second-order valence-electron chi connectivity index (χ2n) is 2.54. The number of aromatic nitrogens is 6. The number of H-pyrrole nitrogens is 1. The first-order chi connectivity index (χ1) is 7.18. The minimum absolute atomic E-state index is 0.0329. The SMILES string of the molecule is Cn1nnnc1Sc1nc[nH]c(=O)c1Cl. The van der Waals surface area contributed by atoms with Gasteiger partial charge in [0.2, 0.25) is 5.16 Å². The van der Waals surface area contributed by atoms with Crippen LogP contribution < -0.4 is 5.56 Å². The van der Waals surface area contributed by atoms with Crippen molar-refractivity contribution < 1.29 is 0 Å². The van der Waals surface area contributed by atoms with Crippen LogP contribution >= 0.6 is 23.4 Å². The molecule has 0 aliphatic rings. The standard InChI is InChI=1S/C6H5ClN6OS/c1-13-6(10-11-12-13)15-5-3(7)4(14)8-2-9-5/h2H,1H3,(H,8,9,14). The highest BCUT2D eigenvalue weighted by atomic mass is 35.5. The van der Waals surface area contributed by atoms with Crippen molar-refractivity contribution in [2.45, 2.75) is 10.2 Å². The van der Waals surface area contributed by atoms with Gasteiger partial charge in [0.25, 0.3) is 5.56 Å². The van der Waals surface area contributed by atoms with E-state index in [9.17, 15) is 4.79 Å². The summed E-state index contributed by atoms with van der Waals surface area (Å²) in [7, 11) is 1.68. The third-order valence-corrected chi connectivity index (χ3v) is 3.03. The molecule has 7 nitrogen and oxygen atoms in total. The van der Waals surface area contributed by atoms with Crippen molar-refractivity contribution in [3.63, 3.8) is 0 Å². The van der Waals surface area contributed by atoms with Gasteiger partial charge in [-0.25, -0.2) is 9.67 Å². The Morgan fingerprint density at radius 1 is 1.60 bits per heavy atom. The van der Waals surface area contributed by atoms with Crippen LogP contribution in [0.15, 0.2) is 21.3 Å². The van der Waals surface area contributed by atoms with Crippen LogP contribution in [0.4, 0.5) is 0 Å². The molecular weight excluding hydrogens is 240 g/mol. The second kappa shape index (κ2) is 3.99. The van der Waals surface area contributed by atoms with Gasteiger partial charge in [0.1, 0.15) is 10.0 Å². The first kappa shape index (κ1) is 10.1. The summed E-state index contributed by atoms with van der Waals surface area (Å²) in [5, 5.41) is 11.7. The van der Waals surface area contributed by atoms with Crippen LogP contribution in [-0.2, 0) is 7.05 Å². The largest absolute Gasteiger partial charge is 0.312 e. The van der Waals surface area contributed by atoms with Crippen molar-refractivity contribution in [3.05, 3.63) is 21.7 Å². The van der Waals surface area contributed by atoms with Crippen LogP contribution in [0, 0.1) is 0 Å². The Kier molecular flexibility index (Phi) is 2.69. The summed E-state index contributed by atoms with van der Waals surface area (Å²) in [5.74, 6) is 0. The fraction of sp³-hybridized carbons (Fsp3) is 0.167. The van der Waals surface area contributed by atoms with E-state index < -0.39 is 0 Å². The number of rotatable bonds is 2. The number of nitrogens with one attached hydrogen (secondary N) is 1. The Morgan fingerprint density at radius 3 is 3.07 bits per heavy atom. The normalized spacial score (nSPS) is 10.5. The average Bonchev–Trinajstić information content (AvgIpc) is 2.60. The van der Waals surface area contributed by atoms with Crippen LogP contribution in [0.1, 0.15) is 0 Å². The van der Waals surface area contributed by atoms with E-state index in [4.69, 9.17) is 11.6 Å². The summed E-state index contributed by atoms with van der Waals surface area (Å²) in [6.45, 7) is 0. The zero-order chi connectivity index (χ0) is 10.8. The molecule has 2 rings (SSSR count). The molecule has 2 aromatic rings. The smallest absolute Gasteiger partial charge is 0.270 e. The number of hydrogen-bond acceptors (Lipinski definition) is 6. The average molecular weight is 245 g/mol. The van der Waals surface area contributed by atoms with Crippen molar-refractivity contribution in [3.8, 4) is 0 Å². The fourth-order valence-electron chi connectivity index (χ4n) is 0.832. The molecule has 0 saturated heterocycles. The highest BCUT2D eigenvalue weighted by molar-refractivity contribution is 7.99. The van der Waals surface area contributed by atoms with Gasteiger partial charge in [-0.15, -0.1) is 5.10 Å². The van der Waals surface area contributed by atoms with Gasteiger partial charge < -0.3 is 4.98 Å². The molecule has 1 N–H and O–H groups in total. The molecule has 0 saturated carbocycles. The number of aromatic amines is 1. The van der Waals surface area contributed by atoms with Crippen LogP contribution in [0.5, 0.6) is 0 Å². The molecule has 0 aliphatic carbocycles. The molecule has 2 aromatic heterocycles. The molecule has 0 unspecified atom stereocenters. The van der Waals surface area contributed by atoms with Crippen LogP contribution in [-0.4, -0.2) is 30.2 Å². The summed E-state index contributed by atoms with van der Waals surface area (Å²) < 4.78 is 1.46. The third-order valence-electron chi connectivity index (χ3n) is 1.53. The molecule has 0 amide bonds. The topological polar surface area (TPSA) is 89.3 Å². The van der Waals surface area contributed by atoms with Gasteiger partial charge in [-0.3, -0.25) is 4.79 Å². The molecule has 0 fully saturated rings. The van der Waals surface area contributed by atoms with Crippen LogP contribution in [0.3, 0.4) is 0 Å². The summed E-state index contributed by atoms with van der Waals surface area (Å²) in [6.07, 6.45) is 1.28. The van der Waals surface area contributed by atoms with Gasteiger partial charge in [-0.2, -0.15) is 0 Å². The van der Waals surface area contributed by atoms with Crippen molar-refractivity contribution in [2.24, 2.45) is 7.05 Å². The van der Waals surface area contributed by atoms with Gasteiger partial charge in [-0.05, 0) is 22.2 Å². The molecule has 2 heterocycles. The van der Waals surface area contributed by atoms with Crippen molar-refractivity contribution >= 4 is 23.4 Å². The Balaban J connectivity index is 2.37. The lowest BCUT2D eigenvalue weighted by Crippen LogP contribution is -2.07. The highest BCUT2D eigenvalue weighted by Gasteiger charge is 2.11. The molecule has 0 aliphatic heterocycles. The summed E-state index contributed by atoms with van der Waals surface area (Å²) in [6, 6.07) is 0. The molecule has 0 atom stereocenters. The predicted molar refractivity (Wildman–Crippen MR) is 52.8 cm³/mol. The van der Waals surface area contributed by atoms with Gasteiger partial charge in [0.15, 0.2) is 0 Å². The molecule has 0 aromatic carbocycles. The van der Waals surface area contributed by atoms with Gasteiger partial charge in [-0.1, -0.05) is 11.6 Å². The van der Waals surface area contributed by atoms with E-state index in [2.05, 4.69) is 25.5 Å². The predicted octanol–water partition coefficient (Wildman–Crippen LogP) is 0.0980. The van der Waals surface area contributed by atoms with E-state index in [1.807, 2.05) is 0 Å². The van der Waals surface area contributed by atoms with Crippen molar-refractivity contribution in [2.75, 3.05) is 0 Å². The summed E-state index contributed by atoms with van der Waals surface area (Å²) >= 11 is 6.88. The van der Waals surface area contributed by atoms with Crippen molar-refractivity contribution in [1.29, 1.82) is 0 Å². The Morgan fingerprint density at radius 2 is 2.40 bits per heavy atom. The third kappa shape index (κ3) is 2.00. The number of tetrazole rings is 1. The molecule has 0 bridgehead atoms. The minimum Gasteiger partial charge on any atom is -0.312 e. The van der Waals surface area contributed by atoms with Gasteiger partial charge in [0, 0.05) is 7.05 Å². The molecule has 15 heavy (non-hydrogen) atoms. The lowest BCUT2D eigenvalue weighted by atomic mass is 10.7. The highest BCUT2D eigenvalue weighted by Crippen LogP contribution is 2.26. The lowest BCUT2D eigenvalue weighted by Gasteiger charge is -1.98. The number of hydrogen-bond donors (Lipinski definition) is 1. The van der Waals surface area contributed by atoms with E-state index in [1.54, 1.807) is 7.05 Å². The lowest BCUT2D eigenvalue weighted by molar-refractivity contribution is 0.664. The number of nitrogens with zero attached hydrogens (tertiary/aromatic N) is 5. The second-order valence-corrected chi connectivity index (χ2v) is 3.87. The minimum atomic E-state index is -0.385. The van der Waals surface area contributed by atoms with E-state index in [0.717, 1.165) is 11.8 Å². The van der Waals surface area contributed by atoms with E-state index in [-0.39, 0.29) is 10.6 Å².